The van der Waals surface area contributed by atoms with Gasteiger partial charge in [-0.25, -0.2) is 0 Å². The fourth-order valence-electron chi connectivity index (χ4n) is 4.65. The van der Waals surface area contributed by atoms with Gasteiger partial charge >= 0.3 is 0 Å². The first-order chi connectivity index (χ1) is 14.4. The molecule has 0 amide bonds. The Hall–Kier alpha value is -2.37. The molecule has 0 saturated carbocycles. The van der Waals surface area contributed by atoms with Crippen molar-refractivity contribution in [1.82, 2.24) is 19.8 Å². The number of thiocarbonyl (C=S) groups is 1. The summed E-state index contributed by atoms with van der Waals surface area (Å²) in [7, 11) is 0. The minimum absolute atomic E-state index is 0.0114. The van der Waals surface area contributed by atoms with Crippen LogP contribution >= 0.6 is 23.8 Å². The van der Waals surface area contributed by atoms with Crippen molar-refractivity contribution in [3.63, 3.8) is 0 Å². The summed E-state index contributed by atoms with van der Waals surface area (Å²) in [6.45, 7) is 9.67. The first-order valence-electron chi connectivity index (χ1n) is 10.4. The number of rotatable bonds is 5. The van der Waals surface area contributed by atoms with Crippen molar-refractivity contribution in [2.75, 3.05) is 6.54 Å². The Morgan fingerprint density at radius 1 is 1.10 bits per heavy atom. The molecule has 1 fully saturated rings. The van der Waals surface area contributed by atoms with Crippen LogP contribution < -0.4 is 5.32 Å². The molecule has 0 radical (unpaired) electrons. The number of pyridine rings is 1. The predicted octanol–water partition coefficient (Wildman–Crippen LogP) is 5.83. The van der Waals surface area contributed by atoms with Crippen LogP contribution in [0.25, 0.3) is 5.69 Å². The van der Waals surface area contributed by atoms with Gasteiger partial charge in [0.15, 0.2) is 5.11 Å². The lowest BCUT2D eigenvalue weighted by atomic mass is 9.93. The van der Waals surface area contributed by atoms with E-state index in [-0.39, 0.29) is 12.1 Å². The minimum atomic E-state index is 0.0114. The van der Waals surface area contributed by atoms with E-state index in [1.807, 2.05) is 36.5 Å². The first kappa shape index (κ1) is 20.9. The highest BCUT2D eigenvalue weighted by molar-refractivity contribution is 7.80. The zero-order valence-electron chi connectivity index (χ0n) is 17.8. The van der Waals surface area contributed by atoms with Crippen LogP contribution in [0.15, 0.2) is 48.7 Å². The van der Waals surface area contributed by atoms with Gasteiger partial charge in [-0.15, -0.1) is 0 Å². The zero-order chi connectivity index (χ0) is 21.4. The van der Waals surface area contributed by atoms with Gasteiger partial charge in [0.25, 0.3) is 0 Å². The van der Waals surface area contributed by atoms with Crippen LogP contribution in [0.4, 0.5) is 0 Å². The monoisotopic (exact) mass is 438 g/mol. The lowest BCUT2D eigenvalue weighted by Gasteiger charge is -2.28. The Morgan fingerprint density at radius 2 is 1.90 bits per heavy atom. The van der Waals surface area contributed by atoms with E-state index in [0.717, 1.165) is 34.5 Å². The molecule has 0 unspecified atom stereocenters. The van der Waals surface area contributed by atoms with E-state index in [1.165, 1.54) is 22.5 Å². The van der Waals surface area contributed by atoms with Gasteiger partial charge in [0.05, 0.1) is 17.8 Å². The number of hydrogen-bond acceptors (Lipinski definition) is 2. The van der Waals surface area contributed by atoms with E-state index >= 15 is 0 Å². The van der Waals surface area contributed by atoms with Crippen molar-refractivity contribution in [2.24, 2.45) is 0 Å². The van der Waals surface area contributed by atoms with Crippen LogP contribution in [-0.4, -0.2) is 26.1 Å². The fourth-order valence-corrected chi connectivity index (χ4v) is 5.16. The number of benzene rings is 1. The molecule has 0 bridgehead atoms. The number of nitrogens with one attached hydrogen (secondary N) is 1. The lowest BCUT2D eigenvalue weighted by molar-refractivity contribution is 0.315. The standard InChI is InChI=1S/C24H27ClN4S/c1-5-13-28-23(22(27-24(28)30)20-11-6-7-12-26-20)21-15(2)16(3)29(17(21)4)19-10-8-9-18(25)14-19/h6-12,14,22-23H,5,13H2,1-4H3,(H,27,30)/t22-,23+/m1/s1. The number of halogens is 1. The SMILES string of the molecule is CCCN1C(=S)N[C@H](c2ccccn2)[C@@H]1c1c(C)c(C)n(-c2cccc(Cl)c2)c1C. The Labute approximate surface area is 188 Å². The lowest BCUT2D eigenvalue weighted by Crippen LogP contribution is -2.30. The van der Waals surface area contributed by atoms with Gasteiger partial charge in [0, 0.05) is 40.4 Å². The Bertz CT molecular complexity index is 1080. The highest BCUT2D eigenvalue weighted by Gasteiger charge is 2.42. The van der Waals surface area contributed by atoms with E-state index < -0.39 is 0 Å². The molecule has 4 rings (SSSR count). The molecular formula is C24H27ClN4S. The summed E-state index contributed by atoms with van der Waals surface area (Å²) in [6, 6.07) is 14.2. The Kier molecular flexibility index (Phi) is 5.85. The molecule has 0 spiro atoms. The van der Waals surface area contributed by atoms with Gasteiger partial charge in [-0.1, -0.05) is 30.7 Å². The second-order valence-electron chi connectivity index (χ2n) is 7.84. The average Bonchev–Trinajstić information content (AvgIpc) is 3.16. The van der Waals surface area contributed by atoms with Crippen molar-refractivity contribution >= 4 is 28.9 Å². The molecule has 1 aliphatic rings. The normalized spacial score (nSPS) is 18.7. The summed E-state index contributed by atoms with van der Waals surface area (Å²) in [4.78, 5) is 6.98. The molecule has 3 aromatic rings. The van der Waals surface area contributed by atoms with Crippen LogP contribution in [0, 0.1) is 20.8 Å². The topological polar surface area (TPSA) is 33.1 Å². The van der Waals surface area contributed by atoms with Gasteiger partial charge in [-0.05, 0) is 75.3 Å². The highest BCUT2D eigenvalue weighted by atomic mass is 35.5. The molecular weight excluding hydrogens is 412 g/mol. The van der Waals surface area contributed by atoms with Crippen LogP contribution in [-0.2, 0) is 0 Å². The van der Waals surface area contributed by atoms with Gasteiger partial charge in [0.2, 0.25) is 0 Å². The highest BCUT2D eigenvalue weighted by Crippen LogP contribution is 2.43. The van der Waals surface area contributed by atoms with E-state index in [1.54, 1.807) is 0 Å². The van der Waals surface area contributed by atoms with E-state index in [9.17, 15) is 0 Å². The second kappa shape index (κ2) is 8.40. The molecule has 1 aliphatic heterocycles. The van der Waals surface area contributed by atoms with Gasteiger partial charge in [-0.3, -0.25) is 4.98 Å². The maximum atomic E-state index is 6.30. The molecule has 2 aromatic heterocycles. The molecule has 4 nitrogen and oxygen atoms in total. The van der Waals surface area contributed by atoms with Crippen molar-refractivity contribution in [3.05, 3.63) is 81.9 Å². The molecule has 3 heterocycles. The first-order valence-corrected chi connectivity index (χ1v) is 11.1. The smallest absolute Gasteiger partial charge is 0.170 e. The summed E-state index contributed by atoms with van der Waals surface area (Å²) >= 11 is 12.1. The van der Waals surface area contributed by atoms with Gasteiger partial charge in [0.1, 0.15) is 0 Å². The summed E-state index contributed by atoms with van der Waals surface area (Å²) in [5.74, 6) is 0. The molecule has 1 N–H and O–H groups in total. The third-order valence-electron chi connectivity index (χ3n) is 6.03. The fraction of sp³-hybridized carbons (Fsp3) is 0.333. The maximum Gasteiger partial charge on any atom is 0.170 e. The van der Waals surface area contributed by atoms with Crippen molar-refractivity contribution < 1.29 is 0 Å². The number of aromatic nitrogens is 2. The maximum absolute atomic E-state index is 6.30. The quantitative estimate of drug-likeness (QED) is 0.508. The Morgan fingerprint density at radius 3 is 2.57 bits per heavy atom. The van der Waals surface area contributed by atoms with Crippen LogP contribution in [0.5, 0.6) is 0 Å². The van der Waals surface area contributed by atoms with Crippen LogP contribution in [0.2, 0.25) is 5.02 Å². The largest absolute Gasteiger partial charge is 0.352 e. The van der Waals surface area contributed by atoms with E-state index in [4.69, 9.17) is 23.8 Å². The molecule has 30 heavy (non-hydrogen) atoms. The summed E-state index contributed by atoms with van der Waals surface area (Å²) < 4.78 is 2.30. The molecule has 1 saturated heterocycles. The van der Waals surface area contributed by atoms with Crippen LogP contribution in [0.3, 0.4) is 0 Å². The molecule has 0 aliphatic carbocycles. The van der Waals surface area contributed by atoms with Gasteiger partial charge < -0.3 is 14.8 Å². The van der Waals surface area contributed by atoms with Crippen molar-refractivity contribution in [3.8, 4) is 5.69 Å². The van der Waals surface area contributed by atoms with Gasteiger partial charge in [-0.2, -0.15) is 0 Å². The second-order valence-corrected chi connectivity index (χ2v) is 8.67. The summed E-state index contributed by atoms with van der Waals surface area (Å²) in [6.07, 6.45) is 2.88. The van der Waals surface area contributed by atoms with Crippen molar-refractivity contribution in [1.29, 1.82) is 0 Å². The number of hydrogen-bond donors (Lipinski definition) is 1. The van der Waals surface area contributed by atoms with E-state index in [0.29, 0.717) is 0 Å². The summed E-state index contributed by atoms with van der Waals surface area (Å²) in [5, 5.41) is 5.08. The Balaban J connectivity index is 1.89. The third-order valence-corrected chi connectivity index (χ3v) is 6.62. The third kappa shape index (κ3) is 3.50. The van der Waals surface area contributed by atoms with E-state index in [2.05, 4.69) is 59.6 Å². The molecule has 2 atom stereocenters. The molecule has 156 valence electrons. The predicted molar refractivity (Wildman–Crippen MR) is 127 cm³/mol. The average molecular weight is 439 g/mol. The zero-order valence-corrected chi connectivity index (χ0v) is 19.4. The minimum Gasteiger partial charge on any atom is -0.352 e. The van der Waals surface area contributed by atoms with Crippen molar-refractivity contribution in [2.45, 2.75) is 46.2 Å². The van der Waals surface area contributed by atoms with Crippen LogP contribution in [0.1, 0.15) is 53.6 Å². The molecule has 1 aromatic carbocycles. The number of nitrogens with zero attached hydrogens (tertiary/aromatic N) is 3. The molecule has 6 heteroatoms. The summed E-state index contributed by atoms with van der Waals surface area (Å²) in [5.41, 5.74) is 7.12.